The normalized spacial score (nSPS) is 18.2. The van der Waals surface area contributed by atoms with Gasteiger partial charge in [-0.05, 0) is 63.1 Å². The third-order valence-electron chi connectivity index (χ3n) is 5.64. The van der Waals surface area contributed by atoms with Crippen LogP contribution in [0.1, 0.15) is 46.4 Å². The number of nitrogens with one attached hydrogen (secondary N) is 1. The van der Waals surface area contributed by atoms with E-state index in [1.165, 1.54) is 11.1 Å². The Labute approximate surface area is 172 Å². The highest BCUT2D eigenvalue weighted by Gasteiger charge is 2.34. The Hall–Kier alpha value is -3.27. The van der Waals surface area contributed by atoms with Crippen molar-refractivity contribution < 1.29 is 4.79 Å². The molecule has 2 atom stereocenters. The molecule has 4 rings (SSSR count). The number of rotatable bonds is 3. The maximum Gasteiger partial charge on any atom is 0.260 e. The topological polar surface area (TPSA) is 58.4 Å². The Balaban J connectivity index is 1.73. The van der Waals surface area contributed by atoms with E-state index in [1.54, 1.807) is 12.1 Å². The predicted molar refractivity (Wildman–Crippen MR) is 120 cm³/mol. The van der Waals surface area contributed by atoms with Crippen molar-refractivity contribution in [3.63, 3.8) is 0 Å². The summed E-state index contributed by atoms with van der Waals surface area (Å²) in [6, 6.07) is 22.2. The molecule has 2 unspecified atom stereocenters. The molecular formula is C25H27N3O. The second-order valence-corrected chi connectivity index (χ2v) is 7.97. The first-order valence-corrected chi connectivity index (χ1v) is 10.1. The van der Waals surface area contributed by atoms with Crippen LogP contribution in [-0.4, -0.2) is 11.9 Å². The number of aryl methyl sites for hydroxylation is 2. The van der Waals surface area contributed by atoms with Gasteiger partial charge >= 0.3 is 0 Å². The van der Waals surface area contributed by atoms with Crippen LogP contribution in [0, 0.1) is 13.8 Å². The van der Waals surface area contributed by atoms with Crippen LogP contribution in [0.2, 0.25) is 0 Å². The molecular weight excluding hydrogens is 358 g/mol. The molecule has 0 fully saturated rings. The van der Waals surface area contributed by atoms with E-state index in [4.69, 9.17) is 5.73 Å². The molecule has 148 valence electrons. The van der Waals surface area contributed by atoms with Gasteiger partial charge < -0.3 is 16.0 Å². The second-order valence-electron chi connectivity index (χ2n) is 7.97. The number of anilines is 3. The van der Waals surface area contributed by atoms with E-state index in [0.29, 0.717) is 11.3 Å². The van der Waals surface area contributed by atoms with Gasteiger partial charge in [0.15, 0.2) is 0 Å². The van der Waals surface area contributed by atoms with Crippen LogP contribution < -0.4 is 16.0 Å². The summed E-state index contributed by atoms with van der Waals surface area (Å²) in [5.74, 6) is -0.0468. The Bertz CT molecular complexity index is 1040. The maximum atomic E-state index is 13.4. The summed E-state index contributed by atoms with van der Waals surface area (Å²) in [5.41, 5.74) is 12.8. The van der Waals surface area contributed by atoms with Crippen LogP contribution in [-0.2, 0) is 0 Å². The number of carbonyl (C=O) groups is 1. The summed E-state index contributed by atoms with van der Waals surface area (Å²) in [7, 11) is 0. The molecule has 0 saturated heterocycles. The van der Waals surface area contributed by atoms with E-state index in [9.17, 15) is 4.79 Å². The SMILES string of the molecule is Cc1ccc(NC2CC(C)N(C(=O)c3ccccc3N)c3ccc(C)cc32)cc1. The average molecular weight is 386 g/mol. The van der Waals surface area contributed by atoms with E-state index in [-0.39, 0.29) is 18.0 Å². The van der Waals surface area contributed by atoms with Gasteiger partial charge in [-0.15, -0.1) is 0 Å². The van der Waals surface area contributed by atoms with Crippen molar-refractivity contribution in [1.29, 1.82) is 0 Å². The molecule has 0 saturated carbocycles. The number of amides is 1. The summed E-state index contributed by atoms with van der Waals surface area (Å²) >= 11 is 0. The smallest absolute Gasteiger partial charge is 0.260 e. The number of nitrogens with zero attached hydrogens (tertiary/aromatic N) is 1. The second kappa shape index (κ2) is 7.63. The maximum absolute atomic E-state index is 13.4. The molecule has 29 heavy (non-hydrogen) atoms. The minimum atomic E-state index is -0.0468. The predicted octanol–water partition coefficient (Wildman–Crippen LogP) is 5.48. The van der Waals surface area contributed by atoms with Crippen LogP contribution in [0.3, 0.4) is 0 Å². The molecule has 4 heteroatoms. The quantitative estimate of drug-likeness (QED) is 0.587. The summed E-state index contributed by atoms with van der Waals surface area (Å²) < 4.78 is 0. The van der Waals surface area contributed by atoms with Gasteiger partial charge in [-0.1, -0.05) is 47.5 Å². The van der Waals surface area contributed by atoms with Crippen LogP contribution in [0.25, 0.3) is 0 Å². The van der Waals surface area contributed by atoms with E-state index in [0.717, 1.165) is 23.4 Å². The van der Waals surface area contributed by atoms with Gasteiger partial charge in [0.2, 0.25) is 0 Å². The number of hydrogen-bond acceptors (Lipinski definition) is 3. The monoisotopic (exact) mass is 385 g/mol. The number of benzene rings is 3. The first kappa shape index (κ1) is 19.1. The molecule has 3 aromatic rings. The molecule has 0 radical (unpaired) electrons. The van der Waals surface area contributed by atoms with Gasteiger partial charge in [0.05, 0.1) is 11.6 Å². The fourth-order valence-corrected chi connectivity index (χ4v) is 4.10. The van der Waals surface area contributed by atoms with Gasteiger partial charge in [0.25, 0.3) is 5.91 Å². The highest BCUT2D eigenvalue weighted by atomic mass is 16.2. The number of fused-ring (bicyclic) bond motifs is 1. The average Bonchev–Trinajstić information content (AvgIpc) is 2.70. The van der Waals surface area contributed by atoms with Crippen LogP contribution in [0.15, 0.2) is 66.7 Å². The summed E-state index contributed by atoms with van der Waals surface area (Å²) in [6.07, 6.45) is 0.822. The van der Waals surface area contributed by atoms with Crippen molar-refractivity contribution in [3.8, 4) is 0 Å². The molecule has 0 bridgehead atoms. The highest BCUT2D eigenvalue weighted by Crippen LogP contribution is 2.40. The van der Waals surface area contributed by atoms with Crippen molar-refractivity contribution in [2.75, 3.05) is 16.0 Å². The van der Waals surface area contributed by atoms with Gasteiger partial charge in [-0.25, -0.2) is 0 Å². The fraction of sp³-hybridized carbons (Fsp3) is 0.240. The lowest BCUT2D eigenvalue weighted by atomic mass is 9.89. The number of nitrogen functional groups attached to an aromatic ring is 1. The van der Waals surface area contributed by atoms with E-state index >= 15 is 0 Å². The number of carbonyl (C=O) groups excluding carboxylic acids is 1. The molecule has 1 heterocycles. The number of para-hydroxylation sites is 1. The molecule has 1 aliphatic heterocycles. The molecule has 3 aromatic carbocycles. The van der Waals surface area contributed by atoms with Crippen LogP contribution in [0.5, 0.6) is 0 Å². The van der Waals surface area contributed by atoms with E-state index < -0.39 is 0 Å². The van der Waals surface area contributed by atoms with Crippen LogP contribution >= 0.6 is 0 Å². The Morgan fingerprint density at radius 1 is 1.00 bits per heavy atom. The molecule has 3 N–H and O–H groups in total. The third kappa shape index (κ3) is 3.70. The molecule has 1 amide bonds. The van der Waals surface area contributed by atoms with Crippen molar-refractivity contribution >= 4 is 23.0 Å². The van der Waals surface area contributed by atoms with E-state index in [1.807, 2.05) is 17.0 Å². The standard InChI is InChI=1S/C25H27N3O/c1-16-8-11-19(12-9-16)27-23-15-18(3)28(24-13-10-17(2)14-21(23)24)25(29)20-6-4-5-7-22(20)26/h4-14,18,23,27H,15,26H2,1-3H3. The number of hydrogen-bond donors (Lipinski definition) is 2. The zero-order valence-electron chi connectivity index (χ0n) is 17.1. The summed E-state index contributed by atoms with van der Waals surface area (Å²) in [4.78, 5) is 15.3. The van der Waals surface area contributed by atoms with Gasteiger partial charge in [0, 0.05) is 23.1 Å². The van der Waals surface area contributed by atoms with Crippen molar-refractivity contribution in [1.82, 2.24) is 0 Å². The Morgan fingerprint density at radius 2 is 1.69 bits per heavy atom. The molecule has 0 aliphatic carbocycles. The lowest BCUT2D eigenvalue weighted by Crippen LogP contribution is -2.44. The van der Waals surface area contributed by atoms with Gasteiger partial charge in [-0.2, -0.15) is 0 Å². The molecule has 0 spiro atoms. The first-order chi connectivity index (χ1) is 13.9. The Morgan fingerprint density at radius 3 is 2.41 bits per heavy atom. The van der Waals surface area contributed by atoms with E-state index in [2.05, 4.69) is 68.6 Å². The minimum absolute atomic E-state index is 0.0419. The van der Waals surface area contributed by atoms with Crippen molar-refractivity contribution in [2.45, 2.75) is 39.3 Å². The van der Waals surface area contributed by atoms with Crippen molar-refractivity contribution in [3.05, 3.63) is 89.0 Å². The first-order valence-electron chi connectivity index (χ1n) is 10.1. The summed E-state index contributed by atoms with van der Waals surface area (Å²) in [5, 5.41) is 3.67. The lowest BCUT2D eigenvalue weighted by molar-refractivity contribution is 0.0975. The molecule has 4 nitrogen and oxygen atoms in total. The summed E-state index contributed by atoms with van der Waals surface area (Å²) in [6.45, 7) is 6.27. The molecule has 1 aliphatic rings. The van der Waals surface area contributed by atoms with Gasteiger partial charge in [0.1, 0.15) is 0 Å². The largest absolute Gasteiger partial charge is 0.398 e. The zero-order valence-corrected chi connectivity index (χ0v) is 17.1. The minimum Gasteiger partial charge on any atom is -0.398 e. The van der Waals surface area contributed by atoms with Crippen molar-refractivity contribution in [2.24, 2.45) is 0 Å². The lowest BCUT2D eigenvalue weighted by Gasteiger charge is -2.40. The highest BCUT2D eigenvalue weighted by molar-refractivity contribution is 6.10. The fourth-order valence-electron chi connectivity index (χ4n) is 4.10. The van der Waals surface area contributed by atoms with Gasteiger partial charge in [-0.3, -0.25) is 4.79 Å². The third-order valence-corrected chi connectivity index (χ3v) is 5.64. The Kier molecular flexibility index (Phi) is 5.01. The zero-order chi connectivity index (χ0) is 20.5. The number of nitrogens with two attached hydrogens (primary N) is 1. The molecule has 0 aromatic heterocycles. The van der Waals surface area contributed by atoms with Crippen LogP contribution in [0.4, 0.5) is 17.1 Å².